The number of hydrogen-bond acceptors (Lipinski definition) is 5. The molecule has 0 aliphatic carbocycles. The molecule has 1 fully saturated rings. The summed E-state index contributed by atoms with van der Waals surface area (Å²) in [5, 5.41) is 3.08. The minimum absolute atomic E-state index is 0. The van der Waals surface area contributed by atoms with E-state index in [1.165, 1.54) is 0 Å². The standard InChI is InChI=1S/C17H29N5O2.HI/c1-3-23-9-4-7-19-17(18)21-12-15-5-6-16(20-11-15)22-8-10-24-14(2)13-22;/h5-6,11,14H,3-4,7-10,12-13H2,1-2H3,(H3,18,19,21);1H. The highest BCUT2D eigenvalue weighted by Gasteiger charge is 2.17. The summed E-state index contributed by atoms with van der Waals surface area (Å²) >= 11 is 0. The lowest BCUT2D eigenvalue weighted by Gasteiger charge is -2.32. The van der Waals surface area contributed by atoms with E-state index in [9.17, 15) is 0 Å². The molecule has 3 N–H and O–H groups in total. The van der Waals surface area contributed by atoms with Gasteiger partial charge in [-0.1, -0.05) is 6.07 Å². The van der Waals surface area contributed by atoms with Gasteiger partial charge in [0.15, 0.2) is 5.96 Å². The van der Waals surface area contributed by atoms with Crippen LogP contribution in [0.4, 0.5) is 5.82 Å². The number of guanidine groups is 1. The van der Waals surface area contributed by atoms with Crippen LogP contribution in [0.25, 0.3) is 0 Å². The van der Waals surface area contributed by atoms with E-state index in [4.69, 9.17) is 15.2 Å². The minimum Gasteiger partial charge on any atom is -0.382 e. The Hall–Kier alpha value is -1.13. The number of aliphatic imine (C=N–C) groups is 1. The lowest BCUT2D eigenvalue weighted by molar-refractivity contribution is 0.0529. The Morgan fingerprint density at radius 3 is 3.04 bits per heavy atom. The Morgan fingerprint density at radius 1 is 1.52 bits per heavy atom. The third kappa shape index (κ3) is 8.19. The molecule has 8 heteroatoms. The van der Waals surface area contributed by atoms with Crippen molar-refractivity contribution in [3.63, 3.8) is 0 Å². The van der Waals surface area contributed by atoms with Gasteiger partial charge in [0.2, 0.25) is 0 Å². The Morgan fingerprint density at radius 2 is 2.36 bits per heavy atom. The molecular weight excluding hydrogens is 433 g/mol. The smallest absolute Gasteiger partial charge is 0.188 e. The summed E-state index contributed by atoms with van der Waals surface area (Å²) in [6.07, 6.45) is 3.03. The van der Waals surface area contributed by atoms with Crippen LogP contribution in [0.5, 0.6) is 0 Å². The average molecular weight is 463 g/mol. The van der Waals surface area contributed by atoms with Crippen molar-refractivity contribution in [2.45, 2.75) is 32.9 Å². The fraction of sp³-hybridized carbons (Fsp3) is 0.647. The quantitative estimate of drug-likeness (QED) is 0.265. The van der Waals surface area contributed by atoms with E-state index < -0.39 is 0 Å². The maximum atomic E-state index is 5.85. The van der Waals surface area contributed by atoms with Gasteiger partial charge in [-0.2, -0.15) is 0 Å². The van der Waals surface area contributed by atoms with Crippen LogP contribution in [-0.4, -0.2) is 56.5 Å². The summed E-state index contributed by atoms with van der Waals surface area (Å²) < 4.78 is 10.8. The molecule has 0 aromatic carbocycles. The second kappa shape index (κ2) is 12.3. The first-order valence-electron chi connectivity index (χ1n) is 8.62. The molecule has 1 aliphatic heterocycles. The lowest BCUT2D eigenvalue weighted by atomic mass is 10.2. The zero-order chi connectivity index (χ0) is 17.2. The van der Waals surface area contributed by atoms with Crippen LogP contribution in [0.15, 0.2) is 23.3 Å². The highest BCUT2D eigenvalue weighted by Crippen LogP contribution is 2.15. The van der Waals surface area contributed by atoms with Crippen molar-refractivity contribution >= 4 is 35.8 Å². The number of aromatic nitrogens is 1. The van der Waals surface area contributed by atoms with E-state index in [0.717, 1.165) is 57.3 Å². The molecule has 0 bridgehead atoms. The maximum Gasteiger partial charge on any atom is 0.188 e. The molecule has 1 aromatic heterocycles. The number of nitrogens with zero attached hydrogens (tertiary/aromatic N) is 3. The largest absolute Gasteiger partial charge is 0.382 e. The van der Waals surface area contributed by atoms with Gasteiger partial charge in [-0.05, 0) is 31.9 Å². The van der Waals surface area contributed by atoms with Crippen LogP contribution in [0.1, 0.15) is 25.8 Å². The Kier molecular flexibility index (Phi) is 10.7. The minimum atomic E-state index is 0. The van der Waals surface area contributed by atoms with Gasteiger partial charge in [-0.3, -0.25) is 0 Å². The Labute approximate surface area is 167 Å². The fourth-order valence-electron chi connectivity index (χ4n) is 2.49. The summed E-state index contributed by atoms with van der Waals surface area (Å²) in [7, 11) is 0. The Bertz CT molecular complexity index is 512. The third-order valence-corrected chi connectivity index (χ3v) is 3.78. The number of rotatable bonds is 8. The predicted octanol–water partition coefficient (Wildman–Crippen LogP) is 1.76. The van der Waals surface area contributed by atoms with Gasteiger partial charge >= 0.3 is 0 Å². The molecule has 2 rings (SSSR count). The van der Waals surface area contributed by atoms with E-state index in [0.29, 0.717) is 12.5 Å². The Balaban J connectivity index is 0.00000312. The monoisotopic (exact) mass is 463 g/mol. The number of anilines is 1. The van der Waals surface area contributed by atoms with E-state index in [2.05, 4.69) is 27.1 Å². The van der Waals surface area contributed by atoms with Crippen molar-refractivity contribution in [1.29, 1.82) is 0 Å². The molecule has 0 spiro atoms. The molecule has 1 unspecified atom stereocenters. The van der Waals surface area contributed by atoms with Crippen LogP contribution >= 0.6 is 24.0 Å². The summed E-state index contributed by atoms with van der Waals surface area (Å²) in [6, 6.07) is 4.09. The molecule has 142 valence electrons. The van der Waals surface area contributed by atoms with Crippen LogP contribution in [-0.2, 0) is 16.0 Å². The number of hydrogen-bond donors (Lipinski definition) is 2. The van der Waals surface area contributed by atoms with Gasteiger partial charge < -0.3 is 25.4 Å². The van der Waals surface area contributed by atoms with Gasteiger partial charge in [0.25, 0.3) is 0 Å². The van der Waals surface area contributed by atoms with Crippen LogP contribution in [0.3, 0.4) is 0 Å². The third-order valence-electron chi connectivity index (χ3n) is 3.78. The number of nitrogens with two attached hydrogens (primary N) is 1. The van der Waals surface area contributed by atoms with Crippen LogP contribution in [0, 0.1) is 0 Å². The van der Waals surface area contributed by atoms with Crippen molar-refractivity contribution < 1.29 is 9.47 Å². The second-order valence-corrected chi connectivity index (χ2v) is 5.83. The van der Waals surface area contributed by atoms with Crippen molar-refractivity contribution in [2.24, 2.45) is 10.7 Å². The van der Waals surface area contributed by atoms with E-state index >= 15 is 0 Å². The highest BCUT2D eigenvalue weighted by molar-refractivity contribution is 14.0. The number of pyridine rings is 1. The summed E-state index contributed by atoms with van der Waals surface area (Å²) in [5.41, 5.74) is 6.89. The van der Waals surface area contributed by atoms with Gasteiger partial charge in [-0.15, -0.1) is 24.0 Å². The first-order valence-corrected chi connectivity index (χ1v) is 8.62. The molecule has 1 aromatic rings. The molecule has 1 saturated heterocycles. The normalized spacial score (nSPS) is 17.9. The summed E-state index contributed by atoms with van der Waals surface area (Å²) in [4.78, 5) is 11.1. The van der Waals surface area contributed by atoms with Gasteiger partial charge in [0, 0.05) is 39.0 Å². The van der Waals surface area contributed by atoms with Crippen LogP contribution in [0.2, 0.25) is 0 Å². The number of ether oxygens (including phenoxy) is 2. The van der Waals surface area contributed by atoms with E-state index in [-0.39, 0.29) is 30.1 Å². The number of halogens is 1. The molecule has 2 heterocycles. The van der Waals surface area contributed by atoms with E-state index in [1.54, 1.807) is 0 Å². The summed E-state index contributed by atoms with van der Waals surface area (Å²) in [6.45, 7) is 9.36. The fourth-order valence-corrected chi connectivity index (χ4v) is 2.49. The SMILES string of the molecule is CCOCCCNC(N)=NCc1ccc(N2CCOC(C)C2)nc1.I. The first-order chi connectivity index (χ1) is 11.7. The van der Waals surface area contributed by atoms with Crippen LogP contribution < -0.4 is 16.0 Å². The molecule has 25 heavy (non-hydrogen) atoms. The zero-order valence-corrected chi connectivity index (χ0v) is 17.4. The van der Waals surface area contributed by atoms with Gasteiger partial charge in [0.1, 0.15) is 5.82 Å². The second-order valence-electron chi connectivity index (χ2n) is 5.83. The topological polar surface area (TPSA) is 85.0 Å². The molecule has 0 saturated carbocycles. The van der Waals surface area contributed by atoms with Crippen molar-refractivity contribution in [1.82, 2.24) is 10.3 Å². The molecule has 7 nitrogen and oxygen atoms in total. The molecule has 1 aliphatic rings. The molecule has 0 radical (unpaired) electrons. The van der Waals surface area contributed by atoms with E-state index in [1.807, 2.05) is 25.3 Å². The molecular formula is C17H30IN5O2. The van der Waals surface area contributed by atoms with Crippen molar-refractivity contribution in [2.75, 3.05) is 44.4 Å². The van der Waals surface area contributed by atoms with Crippen molar-refractivity contribution in [3.8, 4) is 0 Å². The number of nitrogens with one attached hydrogen (secondary N) is 1. The molecule has 0 amide bonds. The zero-order valence-electron chi connectivity index (χ0n) is 15.1. The highest BCUT2D eigenvalue weighted by atomic mass is 127. The van der Waals surface area contributed by atoms with Crippen molar-refractivity contribution in [3.05, 3.63) is 23.9 Å². The first kappa shape index (κ1) is 21.9. The maximum absolute atomic E-state index is 5.85. The summed E-state index contributed by atoms with van der Waals surface area (Å²) in [5.74, 6) is 1.44. The molecule has 1 atom stereocenters. The lowest BCUT2D eigenvalue weighted by Crippen LogP contribution is -2.41. The van der Waals surface area contributed by atoms with Gasteiger partial charge in [-0.25, -0.2) is 9.98 Å². The number of morpholine rings is 1. The predicted molar refractivity (Wildman–Crippen MR) is 112 cm³/mol. The average Bonchev–Trinajstić information content (AvgIpc) is 2.60. The van der Waals surface area contributed by atoms with Gasteiger partial charge in [0.05, 0.1) is 19.3 Å².